The van der Waals surface area contributed by atoms with Crippen LogP contribution in [0.2, 0.25) is 0 Å². The van der Waals surface area contributed by atoms with E-state index in [-0.39, 0.29) is 12.4 Å². The smallest absolute Gasteiger partial charge is 0.316 e. The van der Waals surface area contributed by atoms with E-state index >= 15 is 0 Å². The average Bonchev–Trinajstić information content (AvgIpc) is 2.50. The van der Waals surface area contributed by atoms with Gasteiger partial charge in [-0.3, -0.25) is 9.59 Å². The highest BCUT2D eigenvalue weighted by Crippen LogP contribution is 2.29. The van der Waals surface area contributed by atoms with Gasteiger partial charge in [0.2, 0.25) is 0 Å². The number of rotatable bonds is 2. The van der Waals surface area contributed by atoms with Crippen LogP contribution >= 0.6 is 22.6 Å². The molecule has 0 fully saturated rings. The van der Waals surface area contributed by atoms with E-state index in [9.17, 15) is 9.59 Å². The predicted molar refractivity (Wildman–Crippen MR) is 73.7 cm³/mol. The highest BCUT2D eigenvalue weighted by Gasteiger charge is 2.33. The van der Waals surface area contributed by atoms with Crippen molar-refractivity contribution in [1.82, 2.24) is 0 Å². The summed E-state index contributed by atoms with van der Waals surface area (Å²) in [7, 11) is 0. The Morgan fingerprint density at radius 3 is 3.06 bits per heavy atom. The van der Waals surface area contributed by atoms with Crippen LogP contribution in [0.1, 0.15) is 23.7 Å². The van der Waals surface area contributed by atoms with E-state index in [4.69, 9.17) is 9.47 Å². The Morgan fingerprint density at radius 2 is 2.33 bits per heavy atom. The third-order valence-corrected chi connectivity index (χ3v) is 3.43. The largest absolute Gasteiger partial charge is 0.493 e. The molecule has 0 saturated carbocycles. The first-order valence-electron chi connectivity index (χ1n) is 5.76. The van der Waals surface area contributed by atoms with Gasteiger partial charge in [0.25, 0.3) is 0 Å². The van der Waals surface area contributed by atoms with E-state index < -0.39 is 11.9 Å². The standard InChI is InChI=1S/C13H13IO4/c1-2-17-13(16)9-5-6-18-11-4-3-8(14)7-10(11)12(9)15/h3-4,7,9H,2,5-6H2,1H3. The van der Waals surface area contributed by atoms with E-state index in [1.165, 1.54) is 0 Å². The Hall–Kier alpha value is -1.11. The van der Waals surface area contributed by atoms with Gasteiger partial charge in [-0.05, 0) is 47.7 Å². The molecule has 4 nitrogen and oxygen atoms in total. The van der Waals surface area contributed by atoms with Crippen molar-refractivity contribution in [2.24, 2.45) is 5.92 Å². The molecule has 96 valence electrons. The van der Waals surface area contributed by atoms with Crippen LogP contribution < -0.4 is 4.74 Å². The maximum atomic E-state index is 12.3. The van der Waals surface area contributed by atoms with Crippen LogP contribution in [0.25, 0.3) is 0 Å². The van der Waals surface area contributed by atoms with Crippen molar-refractivity contribution in [3.8, 4) is 5.75 Å². The van der Waals surface area contributed by atoms with E-state index in [0.717, 1.165) is 3.57 Å². The second kappa shape index (κ2) is 5.69. The summed E-state index contributed by atoms with van der Waals surface area (Å²) in [4.78, 5) is 24.1. The second-order valence-electron chi connectivity index (χ2n) is 3.95. The number of Topliss-reactive ketones (excluding diaryl/α,β-unsaturated/α-hetero) is 1. The summed E-state index contributed by atoms with van der Waals surface area (Å²) in [5.41, 5.74) is 0.470. The van der Waals surface area contributed by atoms with Crippen molar-refractivity contribution >= 4 is 34.3 Å². The molecule has 1 unspecified atom stereocenters. The molecule has 18 heavy (non-hydrogen) atoms. The van der Waals surface area contributed by atoms with Gasteiger partial charge in [0.05, 0.1) is 18.8 Å². The Balaban J connectivity index is 2.34. The summed E-state index contributed by atoms with van der Waals surface area (Å²) in [5, 5.41) is 0. The maximum absolute atomic E-state index is 12.3. The number of ketones is 1. The van der Waals surface area contributed by atoms with Crippen LogP contribution in [0.15, 0.2) is 18.2 Å². The number of halogens is 1. The molecule has 0 N–H and O–H groups in total. The summed E-state index contributed by atoms with van der Waals surface area (Å²) < 4.78 is 11.4. The van der Waals surface area contributed by atoms with Crippen LogP contribution in [-0.4, -0.2) is 25.0 Å². The predicted octanol–water partition coefficient (Wildman–Crippen LogP) is 2.44. The zero-order valence-corrected chi connectivity index (χ0v) is 12.1. The molecule has 1 atom stereocenters. The van der Waals surface area contributed by atoms with Crippen molar-refractivity contribution in [1.29, 1.82) is 0 Å². The second-order valence-corrected chi connectivity index (χ2v) is 5.19. The fourth-order valence-corrected chi connectivity index (χ4v) is 2.39. The van der Waals surface area contributed by atoms with E-state index in [2.05, 4.69) is 22.6 Å². The van der Waals surface area contributed by atoms with Crippen LogP contribution in [0.3, 0.4) is 0 Å². The fourth-order valence-electron chi connectivity index (χ4n) is 1.89. The molecule has 0 radical (unpaired) electrons. The molecule has 5 heteroatoms. The Kier molecular flexibility index (Phi) is 4.21. The lowest BCUT2D eigenvalue weighted by Crippen LogP contribution is -2.26. The maximum Gasteiger partial charge on any atom is 0.316 e. The highest BCUT2D eigenvalue weighted by atomic mass is 127. The summed E-state index contributed by atoms with van der Waals surface area (Å²) in [6.45, 7) is 2.36. The lowest BCUT2D eigenvalue weighted by molar-refractivity contribution is -0.146. The lowest BCUT2D eigenvalue weighted by Gasteiger charge is -2.11. The van der Waals surface area contributed by atoms with Crippen LogP contribution in [0.5, 0.6) is 5.75 Å². The van der Waals surface area contributed by atoms with Gasteiger partial charge in [-0.15, -0.1) is 0 Å². The van der Waals surface area contributed by atoms with E-state index in [1.807, 2.05) is 6.07 Å². The van der Waals surface area contributed by atoms with Gasteiger partial charge in [-0.1, -0.05) is 0 Å². The SMILES string of the molecule is CCOC(=O)C1CCOc2ccc(I)cc2C1=O. The van der Waals surface area contributed by atoms with Crippen molar-refractivity contribution in [2.45, 2.75) is 13.3 Å². The van der Waals surface area contributed by atoms with Gasteiger partial charge < -0.3 is 9.47 Å². The minimum Gasteiger partial charge on any atom is -0.493 e. The highest BCUT2D eigenvalue weighted by molar-refractivity contribution is 14.1. The molecule has 1 aliphatic rings. The number of fused-ring (bicyclic) bond motifs is 1. The van der Waals surface area contributed by atoms with Crippen molar-refractivity contribution < 1.29 is 19.1 Å². The first-order chi connectivity index (χ1) is 8.63. The van der Waals surface area contributed by atoms with Gasteiger partial charge in [-0.2, -0.15) is 0 Å². The molecule has 1 aliphatic heterocycles. The van der Waals surface area contributed by atoms with E-state index in [1.54, 1.807) is 19.1 Å². The average molecular weight is 360 g/mol. The molecule has 2 rings (SSSR count). The Morgan fingerprint density at radius 1 is 1.56 bits per heavy atom. The molecule has 0 bridgehead atoms. The van der Waals surface area contributed by atoms with Crippen molar-refractivity contribution in [2.75, 3.05) is 13.2 Å². The normalized spacial score (nSPS) is 18.6. The fraction of sp³-hybridized carbons (Fsp3) is 0.385. The van der Waals surface area contributed by atoms with Gasteiger partial charge in [-0.25, -0.2) is 0 Å². The van der Waals surface area contributed by atoms with Crippen LogP contribution in [0, 0.1) is 9.49 Å². The number of carbonyl (C=O) groups excluding carboxylic acids is 2. The minimum absolute atomic E-state index is 0.209. The first-order valence-corrected chi connectivity index (χ1v) is 6.84. The summed E-state index contributed by atoms with van der Waals surface area (Å²) in [5.74, 6) is -0.867. The van der Waals surface area contributed by atoms with Gasteiger partial charge in [0.1, 0.15) is 11.7 Å². The zero-order valence-electron chi connectivity index (χ0n) is 9.94. The number of carbonyl (C=O) groups is 2. The lowest BCUT2D eigenvalue weighted by atomic mass is 9.95. The van der Waals surface area contributed by atoms with Gasteiger partial charge in [0, 0.05) is 9.99 Å². The molecule has 0 spiro atoms. The molecule has 1 aromatic carbocycles. The number of hydrogen-bond donors (Lipinski definition) is 0. The third-order valence-electron chi connectivity index (χ3n) is 2.76. The molecule has 0 aliphatic carbocycles. The van der Waals surface area contributed by atoms with Gasteiger partial charge in [0.15, 0.2) is 5.78 Å². The molecule has 0 saturated heterocycles. The molecular formula is C13H13IO4. The topological polar surface area (TPSA) is 52.6 Å². The Labute approximate surface area is 119 Å². The monoisotopic (exact) mass is 360 g/mol. The summed E-state index contributed by atoms with van der Waals surface area (Å²) in [6, 6.07) is 5.38. The third kappa shape index (κ3) is 2.66. The van der Waals surface area contributed by atoms with Crippen molar-refractivity contribution in [3.05, 3.63) is 27.3 Å². The van der Waals surface area contributed by atoms with Crippen LogP contribution in [0.4, 0.5) is 0 Å². The number of ether oxygens (including phenoxy) is 2. The number of hydrogen-bond acceptors (Lipinski definition) is 4. The molecule has 1 aromatic rings. The Bertz CT molecular complexity index is 484. The molecular weight excluding hydrogens is 347 g/mol. The quantitative estimate of drug-likeness (QED) is 0.462. The number of esters is 1. The zero-order chi connectivity index (χ0) is 13.1. The number of benzene rings is 1. The van der Waals surface area contributed by atoms with Crippen LogP contribution in [-0.2, 0) is 9.53 Å². The van der Waals surface area contributed by atoms with Gasteiger partial charge >= 0.3 is 5.97 Å². The van der Waals surface area contributed by atoms with Crippen molar-refractivity contribution in [3.63, 3.8) is 0 Å². The summed E-state index contributed by atoms with van der Waals surface area (Å²) >= 11 is 2.13. The molecule has 0 amide bonds. The molecule has 0 aromatic heterocycles. The minimum atomic E-state index is -0.746. The van der Waals surface area contributed by atoms with E-state index in [0.29, 0.717) is 24.3 Å². The molecule has 1 heterocycles. The summed E-state index contributed by atoms with van der Waals surface area (Å²) in [6.07, 6.45) is 0.364. The first kappa shape index (κ1) is 13.3.